The Balaban J connectivity index is 0.000000461. The SMILES string of the molecule is CC.c1ccc(-c2cncnc2)cc1. The molecule has 0 fully saturated rings. The van der Waals surface area contributed by atoms with E-state index >= 15 is 0 Å². The molecule has 2 rings (SSSR count). The van der Waals surface area contributed by atoms with Gasteiger partial charge >= 0.3 is 0 Å². The summed E-state index contributed by atoms with van der Waals surface area (Å²) < 4.78 is 0. The highest BCUT2D eigenvalue weighted by Crippen LogP contribution is 2.15. The highest BCUT2D eigenvalue weighted by atomic mass is 14.8. The lowest BCUT2D eigenvalue weighted by Gasteiger charge is -1.97. The molecule has 14 heavy (non-hydrogen) atoms. The quantitative estimate of drug-likeness (QED) is 0.683. The van der Waals surface area contributed by atoms with E-state index in [0.29, 0.717) is 0 Å². The van der Waals surface area contributed by atoms with Crippen molar-refractivity contribution in [1.29, 1.82) is 0 Å². The molecule has 2 nitrogen and oxygen atoms in total. The summed E-state index contributed by atoms with van der Waals surface area (Å²) in [6.07, 6.45) is 5.15. The molecular formula is C12H14N2. The Morgan fingerprint density at radius 3 is 1.93 bits per heavy atom. The number of hydrogen-bond donors (Lipinski definition) is 0. The fraction of sp³-hybridized carbons (Fsp3) is 0.167. The Morgan fingerprint density at radius 1 is 0.786 bits per heavy atom. The Kier molecular flexibility index (Phi) is 4.35. The van der Waals surface area contributed by atoms with Crippen molar-refractivity contribution in [2.75, 3.05) is 0 Å². The van der Waals surface area contributed by atoms with Gasteiger partial charge in [-0.2, -0.15) is 0 Å². The summed E-state index contributed by atoms with van der Waals surface area (Å²) in [6, 6.07) is 10.1. The average Bonchev–Trinajstić information content (AvgIpc) is 2.34. The van der Waals surface area contributed by atoms with E-state index in [0.717, 1.165) is 11.1 Å². The molecule has 0 radical (unpaired) electrons. The molecule has 0 spiro atoms. The van der Waals surface area contributed by atoms with E-state index in [1.165, 1.54) is 6.33 Å². The number of aromatic nitrogens is 2. The minimum Gasteiger partial charge on any atom is -0.244 e. The van der Waals surface area contributed by atoms with E-state index in [-0.39, 0.29) is 0 Å². The maximum absolute atomic E-state index is 3.95. The van der Waals surface area contributed by atoms with E-state index in [9.17, 15) is 0 Å². The molecule has 2 aromatic rings. The van der Waals surface area contributed by atoms with Gasteiger partial charge < -0.3 is 0 Å². The van der Waals surface area contributed by atoms with Crippen molar-refractivity contribution >= 4 is 0 Å². The Labute approximate surface area is 84.7 Å². The van der Waals surface area contributed by atoms with Crippen LogP contribution in [0.5, 0.6) is 0 Å². The molecular weight excluding hydrogens is 172 g/mol. The molecule has 1 aromatic carbocycles. The molecule has 0 aliphatic heterocycles. The molecule has 0 atom stereocenters. The van der Waals surface area contributed by atoms with Gasteiger partial charge in [-0.05, 0) is 5.56 Å². The van der Waals surface area contributed by atoms with Crippen LogP contribution in [0.15, 0.2) is 49.1 Å². The third kappa shape index (κ3) is 2.66. The fourth-order valence-electron chi connectivity index (χ4n) is 1.08. The van der Waals surface area contributed by atoms with Crippen LogP contribution in [0.4, 0.5) is 0 Å². The van der Waals surface area contributed by atoms with Gasteiger partial charge in [-0.15, -0.1) is 0 Å². The largest absolute Gasteiger partial charge is 0.244 e. The van der Waals surface area contributed by atoms with Gasteiger partial charge in [0.2, 0.25) is 0 Å². The van der Waals surface area contributed by atoms with Crippen LogP contribution in [0.1, 0.15) is 13.8 Å². The Bertz CT molecular complexity index is 306. The molecule has 0 bridgehead atoms. The van der Waals surface area contributed by atoms with Crippen molar-refractivity contribution in [3.05, 3.63) is 49.1 Å². The molecule has 0 aliphatic carbocycles. The second-order valence-electron chi connectivity index (χ2n) is 2.49. The van der Waals surface area contributed by atoms with Crippen LogP contribution < -0.4 is 0 Å². The summed E-state index contributed by atoms with van der Waals surface area (Å²) in [6.45, 7) is 4.00. The van der Waals surface area contributed by atoms with Crippen LogP contribution in [0.3, 0.4) is 0 Å². The van der Waals surface area contributed by atoms with E-state index in [4.69, 9.17) is 0 Å². The monoisotopic (exact) mass is 186 g/mol. The minimum atomic E-state index is 1.05. The lowest BCUT2D eigenvalue weighted by atomic mass is 10.1. The second-order valence-corrected chi connectivity index (χ2v) is 2.49. The smallest absolute Gasteiger partial charge is 0.115 e. The first-order valence-corrected chi connectivity index (χ1v) is 4.77. The van der Waals surface area contributed by atoms with E-state index in [2.05, 4.69) is 9.97 Å². The average molecular weight is 186 g/mol. The van der Waals surface area contributed by atoms with Gasteiger partial charge in [0.1, 0.15) is 6.33 Å². The van der Waals surface area contributed by atoms with Gasteiger partial charge in [0.05, 0.1) is 0 Å². The summed E-state index contributed by atoms with van der Waals surface area (Å²) in [7, 11) is 0. The Morgan fingerprint density at radius 2 is 1.36 bits per heavy atom. The summed E-state index contributed by atoms with van der Waals surface area (Å²) in [5, 5.41) is 0. The molecule has 0 N–H and O–H groups in total. The first-order valence-electron chi connectivity index (χ1n) is 4.77. The van der Waals surface area contributed by atoms with Crippen molar-refractivity contribution < 1.29 is 0 Å². The predicted molar refractivity (Wildman–Crippen MR) is 58.8 cm³/mol. The standard InChI is InChI=1S/C10H8N2.C2H6/c1-2-4-9(5-3-1)10-6-11-8-12-7-10;1-2/h1-8H;1-2H3. The number of nitrogens with zero attached hydrogens (tertiary/aromatic N) is 2. The number of rotatable bonds is 1. The first-order chi connectivity index (χ1) is 6.97. The van der Waals surface area contributed by atoms with Crippen molar-refractivity contribution in [3.63, 3.8) is 0 Å². The van der Waals surface area contributed by atoms with Gasteiger partial charge in [0, 0.05) is 18.0 Å². The third-order valence-corrected chi connectivity index (χ3v) is 1.67. The van der Waals surface area contributed by atoms with Crippen LogP contribution in [0.25, 0.3) is 11.1 Å². The van der Waals surface area contributed by atoms with E-state index < -0.39 is 0 Å². The van der Waals surface area contributed by atoms with Gasteiger partial charge in [0.25, 0.3) is 0 Å². The summed E-state index contributed by atoms with van der Waals surface area (Å²) in [4.78, 5) is 7.90. The predicted octanol–water partition coefficient (Wildman–Crippen LogP) is 3.17. The molecule has 2 heteroatoms. The van der Waals surface area contributed by atoms with E-state index in [1.807, 2.05) is 56.6 Å². The lowest BCUT2D eigenvalue weighted by molar-refractivity contribution is 1.17. The molecule has 0 saturated heterocycles. The van der Waals surface area contributed by atoms with Crippen LogP contribution in [0.2, 0.25) is 0 Å². The highest BCUT2D eigenvalue weighted by molar-refractivity contribution is 5.60. The van der Waals surface area contributed by atoms with Crippen LogP contribution in [0, 0.1) is 0 Å². The molecule has 0 aliphatic rings. The van der Waals surface area contributed by atoms with Crippen molar-refractivity contribution in [1.82, 2.24) is 9.97 Å². The van der Waals surface area contributed by atoms with Crippen LogP contribution in [-0.4, -0.2) is 9.97 Å². The van der Waals surface area contributed by atoms with Crippen LogP contribution in [-0.2, 0) is 0 Å². The molecule has 0 unspecified atom stereocenters. The zero-order valence-electron chi connectivity index (χ0n) is 8.51. The summed E-state index contributed by atoms with van der Waals surface area (Å²) in [5.74, 6) is 0. The van der Waals surface area contributed by atoms with E-state index in [1.54, 1.807) is 0 Å². The Hall–Kier alpha value is -1.70. The van der Waals surface area contributed by atoms with Crippen molar-refractivity contribution in [2.24, 2.45) is 0 Å². The highest BCUT2D eigenvalue weighted by Gasteiger charge is 1.93. The molecule has 0 amide bonds. The maximum Gasteiger partial charge on any atom is 0.115 e. The van der Waals surface area contributed by atoms with Gasteiger partial charge in [-0.3, -0.25) is 0 Å². The second kappa shape index (κ2) is 5.86. The third-order valence-electron chi connectivity index (χ3n) is 1.67. The zero-order chi connectivity index (χ0) is 10.2. The summed E-state index contributed by atoms with van der Waals surface area (Å²) >= 11 is 0. The fourth-order valence-corrected chi connectivity index (χ4v) is 1.08. The number of hydrogen-bond acceptors (Lipinski definition) is 2. The molecule has 72 valence electrons. The molecule has 0 saturated carbocycles. The summed E-state index contributed by atoms with van der Waals surface area (Å²) in [5.41, 5.74) is 2.20. The first kappa shape index (κ1) is 10.4. The van der Waals surface area contributed by atoms with Crippen molar-refractivity contribution in [3.8, 4) is 11.1 Å². The minimum absolute atomic E-state index is 1.05. The number of benzene rings is 1. The topological polar surface area (TPSA) is 25.8 Å². The van der Waals surface area contributed by atoms with Gasteiger partial charge in [-0.25, -0.2) is 9.97 Å². The van der Waals surface area contributed by atoms with Gasteiger partial charge in [-0.1, -0.05) is 44.2 Å². The normalized spacial score (nSPS) is 8.71. The lowest BCUT2D eigenvalue weighted by Crippen LogP contribution is -1.80. The van der Waals surface area contributed by atoms with Crippen molar-refractivity contribution in [2.45, 2.75) is 13.8 Å². The zero-order valence-corrected chi connectivity index (χ0v) is 8.51. The maximum atomic E-state index is 3.95. The molecule has 1 aromatic heterocycles. The molecule has 1 heterocycles. The van der Waals surface area contributed by atoms with Crippen LogP contribution >= 0.6 is 0 Å². The van der Waals surface area contributed by atoms with Gasteiger partial charge in [0.15, 0.2) is 0 Å².